The van der Waals surface area contributed by atoms with Crippen molar-refractivity contribution in [2.45, 2.75) is 45.1 Å². The van der Waals surface area contributed by atoms with E-state index in [1.807, 2.05) is 75.4 Å². The van der Waals surface area contributed by atoms with Gasteiger partial charge >= 0.3 is 5.97 Å². The largest absolute Gasteiger partial charge is 0.497 e. The van der Waals surface area contributed by atoms with Crippen LogP contribution in [0.1, 0.15) is 47.0 Å². The van der Waals surface area contributed by atoms with Crippen LogP contribution in [0.3, 0.4) is 0 Å². The molecule has 2 atom stereocenters. The van der Waals surface area contributed by atoms with Gasteiger partial charge in [-0.05, 0) is 68.8 Å². The van der Waals surface area contributed by atoms with Crippen molar-refractivity contribution in [2.24, 2.45) is 0 Å². The summed E-state index contributed by atoms with van der Waals surface area (Å²) in [6.07, 6.45) is -1.11. The highest BCUT2D eigenvalue weighted by Crippen LogP contribution is 2.44. The molecule has 1 aliphatic rings. The van der Waals surface area contributed by atoms with E-state index in [0.717, 1.165) is 33.9 Å². The van der Waals surface area contributed by atoms with Crippen molar-refractivity contribution in [2.75, 3.05) is 19.5 Å². The van der Waals surface area contributed by atoms with Gasteiger partial charge in [-0.1, -0.05) is 29.8 Å². The lowest BCUT2D eigenvalue weighted by atomic mass is 9.87. The fourth-order valence-corrected chi connectivity index (χ4v) is 4.12. The van der Waals surface area contributed by atoms with E-state index in [9.17, 15) is 4.79 Å². The number of methoxy groups -OCH3 is 2. The maximum atomic E-state index is 12.9. The van der Waals surface area contributed by atoms with E-state index in [4.69, 9.17) is 18.9 Å². The summed E-state index contributed by atoms with van der Waals surface area (Å²) in [6, 6.07) is 21.1. The van der Waals surface area contributed by atoms with Gasteiger partial charge in [-0.3, -0.25) is 0 Å². The molecule has 0 spiro atoms. The van der Waals surface area contributed by atoms with Crippen LogP contribution in [0, 0.1) is 6.92 Å². The van der Waals surface area contributed by atoms with Gasteiger partial charge in [-0.2, -0.15) is 0 Å². The van der Waals surface area contributed by atoms with Crippen LogP contribution in [0.5, 0.6) is 11.5 Å². The molecule has 2 unspecified atom stereocenters. The quantitative estimate of drug-likeness (QED) is 0.455. The molecule has 6 nitrogen and oxygen atoms in total. The monoisotopic (exact) mass is 461 g/mol. The van der Waals surface area contributed by atoms with E-state index in [1.165, 1.54) is 0 Å². The molecule has 0 radical (unpaired) electrons. The van der Waals surface area contributed by atoms with Crippen molar-refractivity contribution < 1.29 is 23.7 Å². The number of nitrogens with one attached hydrogen (secondary N) is 1. The van der Waals surface area contributed by atoms with Crippen LogP contribution in [0.15, 0.2) is 66.7 Å². The van der Waals surface area contributed by atoms with Gasteiger partial charge in [0.2, 0.25) is 0 Å². The number of rotatable bonds is 7. The van der Waals surface area contributed by atoms with E-state index in [0.29, 0.717) is 12.1 Å². The van der Waals surface area contributed by atoms with Crippen LogP contribution < -0.4 is 14.8 Å². The van der Waals surface area contributed by atoms with Crippen LogP contribution in [0.4, 0.5) is 5.69 Å². The Balaban J connectivity index is 1.54. The minimum atomic E-state index is -0.772. The van der Waals surface area contributed by atoms with Crippen molar-refractivity contribution in [3.63, 3.8) is 0 Å². The second-order valence-electron chi connectivity index (χ2n) is 9.01. The van der Waals surface area contributed by atoms with Gasteiger partial charge in [-0.25, -0.2) is 4.79 Å². The van der Waals surface area contributed by atoms with Gasteiger partial charge in [0, 0.05) is 24.9 Å². The molecule has 34 heavy (non-hydrogen) atoms. The highest BCUT2D eigenvalue weighted by Gasteiger charge is 2.47. The van der Waals surface area contributed by atoms with Crippen molar-refractivity contribution >= 4 is 11.7 Å². The van der Waals surface area contributed by atoms with Gasteiger partial charge in [0.25, 0.3) is 0 Å². The maximum absolute atomic E-state index is 12.9. The molecule has 3 aromatic rings. The van der Waals surface area contributed by atoms with Crippen LogP contribution in [-0.4, -0.2) is 31.9 Å². The molecule has 0 saturated heterocycles. The predicted molar refractivity (Wildman–Crippen MR) is 132 cm³/mol. The van der Waals surface area contributed by atoms with E-state index >= 15 is 0 Å². The summed E-state index contributed by atoms with van der Waals surface area (Å²) < 4.78 is 23.3. The standard InChI is InChI=1S/C28H31NO5/c1-18-6-10-20(11-7-18)27(30)33-26-25(32-5)23-16-21(12-15-24(23)34-28(26,2)3)29-17-19-8-13-22(31-4)14-9-19/h6-16,25-26,29H,17H2,1-5H3. The Kier molecular flexibility index (Phi) is 6.80. The summed E-state index contributed by atoms with van der Waals surface area (Å²) in [5, 5.41) is 3.44. The Morgan fingerprint density at radius 3 is 2.35 bits per heavy atom. The molecule has 0 aromatic heterocycles. The summed E-state index contributed by atoms with van der Waals surface area (Å²) in [5.74, 6) is 1.14. The van der Waals surface area contributed by atoms with Gasteiger partial charge in [0.15, 0.2) is 6.10 Å². The second kappa shape index (κ2) is 9.77. The molecule has 6 heteroatoms. The second-order valence-corrected chi connectivity index (χ2v) is 9.01. The highest BCUT2D eigenvalue weighted by molar-refractivity contribution is 5.89. The third-order valence-corrected chi connectivity index (χ3v) is 6.08. The van der Waals surface area contributed by atoms with Crippen molar-refractivity contribution in [1.82, 2.24) is 0 Å². The first-order chi connectivity index (χ1) is 16.3. The average molecular weight is 462 g/mol. The molecule has 0 saturated carbocycles. The smallest absolute Gasteiger partial charge is 0.338 e. The first kappa shape index (κ1) is 23.6. The molecule has 4 rings (SSSR count). The SMILES string of the molecule is COc1ccc(CNc2ccc3c(c2)C(OC)C(OC(=O)c2ccc(C)cc2)C(C)(C)O3)cc1. The summed E-state index contributed by atoms with van der Waals surface area (Å²) in [6.45, 7) is 6.44. The number of fused-ring (bicyclic) bond motifs is 1. The van der Waals surface area contributed by atoms with Crippen LogP contribution in [-0.2, 0) is 16.0 Å². The number of carbonyl (C=O) groups is 1. The molecule has 0 amide bonds. The fraction of sp³-hybridized carbons (Fsp3) is 0.321. The van der Waals surface area contributed by atoms with E-state index < -0.39 is 23.8 Å². The zero-order valence-corrected chi connectivity index (χ0v) is 20.3. The number of benzene rings is 3. The number of carbonyl (C=O) groups excluding carboxylic acids is 1. The van der Waals surface area contributed by atoms with Crippen LogP contribution in [0.25, 0.3) is 0 Å². The lowest BCUT2D eigenvalue weighted by Gasteiger charge is -2.43. The van der Waals surface area contributed by atoms with E-state index in [1.54, 1.807) is 26.4 Å². The molecule has 1 N–H and O–H groups in total. The average Bonchev–Trinajstić information content (AvgIpc) is 2.83. The molecule has 0 aliphatic carbocycles. The normalized spacial score (nSPS) is 18.4. The van der Waals surface area contributed by atoms with Gasteiger partial charge in [-0.15, -0.1) is 0 Å². The van der Waals surface area contributed by atoms with Crippen molar-refractivity contribution in [1.29, 1.82) is 0 Å². The molecular weight excluding hydrogens is 430 g/mol. The fourth-order valence-electron chi connectivity index (χ4n) is 4.12. The lowest BCUT2D eigenvalue weighted by molar-refractivity contribution is -0.129. The maximum Gasteiger partial charge on any atom is 0.338 e. The third-order valence-electron chi connectivity index (χ3n) is 6.08. The number of hydrogen-bond donors (Lipinski definition) is 1. The predicted octanol–water partition coefficient (Wildman–Crippen LogP) is 5.70. The Hall–Kier alpha value is -3.51. The lowest BCUT2D eigenvalue weighted by Crippen LogP contribution is -2.51. The van der Waals surface area contributed by atoms with E-state index in [2.05, 4.69) is 5.32 Å². The first-order valence-corrected chi connectivity index (χ1v) is 11.3. The molecular formula is C28H31NO5. The minimum absolute atomic E-state index is 0.402. The Labute approximate surface area is 200 Å². The van der Waals surface area contributed by atoms with Gasteiger partial charge < -0.3 is 24.3 Å². The molecule has 0 bridgehead atoms. The Morgan fingerprint density at radius 1 is 1.00 bits per heavy atom. The van der Waals surface area contributed by atoms with Crippen molar-refractivity contribution in [3.8, 4) is 11.5 Å². The highest BCUT2D eigenvalue weighted by atomic mass is 16.6. The van der Waals surface area contributed by atoms with Crippen LogP contribution in [0.2, 0.25) is 0 Å². The number of hydrogen-bond acceptors (Lipinski definition) is 6. The van der Waals surface area contributed by atoms with E-state index in [-0.39, 0.29) is 0 Å². The molecule has 0 fully saturated rings. The summed E-state index contributed by atoms with van der Waals surface area (Å²) in [4.78, 5) is 12.9. The number of aryl methyl sites for hydroxylation is 1. The number of anilines is 1. The van der Waals surface area contributed by atoms with Crippen LogP contribution >= 0.6 is 0 Å². The summed E-state index contributed by atoms with van der Waals surface area (Å²) >= 11 is 0. The molecule has 1 heterocycles. The molecule has 3 aromatic carbocycles. The topological polar surface area (TPSA) is 66.0 Å². The molecule has 178 valence electrons. The summed E-state index contributed by atoms with van der Waals surface area (Å²) in [5.41, 5.74) is 3.69. The minimum Gasteiger partial charge on any atom is -0.497 e. The zero-order valence-electron chi connectivity index (χ0n) is 20.3. The number of ether oxygens (including phenoxy) is 4. The number of esters is 1. The summed E-state index contributed by atoms with van der Waals surface area (Å²) in [7, 11) is 3.28. The van der Waals surface area contributed by atoms with Gasteiger partial charge in [0.05, 0.1) is 12.7 Å². The van der Waals surface area contributed by atoms with Gasteiger partial charge in [0.1, 0.15) is 23.2 Å². The zero-order chi connectivity index (χ0) is 24.3. The third kappa shape index (κ3) is 5.02. The Morgan fingerprint density at radius 2 is 1.71 bits per heavy atom. The molecule has 1 aliphatic heterocycles. The first-order valence-electron chi connectivity index (χ1n) is 11.3. The Bertz CT molecular complexity index is 1140. The van der Waals surface area contributed by atoms with Crippen molar-refractivity contribution in [3.05, 3.63) is 89.0 Å².